The molecule has 3 heterocycles. The van der Waals surface area contributed by atoms with Gasteiger partial charge >= 0.3 is 0 Å². The number of carbonyl (C=O) groups is 1. The number of halogens is 1. The highest BCUT2D eigenvalue weighted by Gasteiger charge is 2.30. The van der Waals surface area contributed by atoms with E-state index in [2.05, 4.69) is 10.1 Å². The van der Waals surface area contributed by atoms with E-state index in [1.165, 1.54) is 12.1 Å². The zero-order valence-corrected chi connectivity index (χ0v) is 19.1. The van der Waals surface area contributed by atoms with E-state index in [1.807, 2.05) is 35.2 Å². The number of para-hydroxylation sites is 1. The topological polar surface area (TPSA) is 109 Å². The molecule has 174 valence electrons. The lowest BCUT2D eigenvalue weighted by Gasteiger charge is -2.36. The third kappa shape index (κ3) is 3.94. The highest BCUT2D eigenvalue weighted by molar-refractivity contribution is 6.33. The molecule has 0 atom stereocenters. The summed E-state index contributed by atoms with van der Waals surface area (Å²) in [6, 6.07) is 14.2. The number of amides is 1. The van der Waals surface area contributed by atoms with Gasteiger partial charge in [-0.2, -0.15) is 0 Å². The number of aryl methyl sites for hydroxylation is 1. The highest BCUT2D eigenvalue weighted by Crippen LogP contribution is 2.33. The van der Waals surface area contributed by atoms with Crippen LogP contribution in [0.3, 0.4) is 0 Å². The van der Waals surface area contributed by atoms with Gasteiger partial charge in [0.1, 0.15) is 17.0 Å². The zero-order valence-electron chi connectivity index (χ0n) is 18.3. The van der Waals surface area contributed by atoms with Crippen molar-refractivity contribution in [1.29, 1.82) is 0 Å². The fourth-order valence-corrected chi connectivity index (χ4v) is 4.58. The first-order valence-electron chi connectivity index (χ1n) is 10.7. The van der Waals surface area contributed by atoms with Gasteiger partial charge in [-0.3, -0.25) is 15.0 Å². The maximum Gasteiger partial charge on any atom is 0.259 e. The second-order valence-electron chi connectivity index (χ2n) is 8.03. The summed E-state index contributed by atoms with van der Waals surface area (Å²) in [5, 5.41) is 25.4. The van der Waals surface area contributed by atoms with Gasteiger partial charge in [-0.1, -0.05) is 41.0 Å². The van der Waals surface area contributed by atoms with E-state index >= 15 is 0 Å². The van der Waals surface area contributed by atoms with E-state index in [1.54, 1.807) is 24.1 Å². The molecule has 34 heavy (non-hydrogen) atoms. The summed E-state index contributed by atoms with van der Waals surface area (Å²) in [4.78, 5) is 21.8. The Balaban J connectivity index is 1.38. The number of hydrogen-bond donors (Lipinski definition) is 1. The van der Waals surface area contributed by atoms with Crippen molar-refractivity contribution in [3.63, 3.8) is 0 Å². The molecule has 0 saturated carbocycles. The summed E-state index contributed by atoms with van der Waals surface area (Å²) < 4.78 is 5.44. The number of piperazine rings is 1. The van der Waals surface area contributed by atoms with Crippen LogP contribution in [0.15, 0.2) is 59.3 Å². The minimum atomic E-state index is -0.226. The molecule has 4 aromatic rings. The maximum absolute atomic E-state index is 13.5. The molecule has 0 unspecified atom stereocenters. The average molecular weight is 479 g/mol. The summed E-state index contributed by atoms with van der Waals surface area (Å²) >= 11 is 6.32. The Bertz CT molecular complexity index is 1360. The minimum Gasteiger partial charge on any atom is -0.733 e. The number of carbonyl (C=O) groups excluding carboxylic acids is 1. The Labute approximate surface area is 200 Å². The summed E-state index contributed by atoms with van der Waals surface area (Å²) in [7, 11) is 0. The summed E-state index contributed by atoms with van der Waals surface area (Å²) in [6.45, 7) is 3.80. The van der Waals surface area contributed by atoms with Crippen LogP contribution in [0, 0.1) is 12.1 Å². The van der Waals surface area contributed by atoms with Crippen LogP contribution >= 0.6 is 11.6 Å². The van der Waals surface area contributed by atoms with Crippen LogP contribution in [-0.2, 0) is 0 Å². The van der Waals surface area contributed by atoms with Crippen molar-refractivity contribution in [3.8, 4) is 11.3 Å². The molecular formula is C24H21ClN5O4-. The van der Waals surface area contributed by atoms with E-state index in [0.29, 0.717) is 48.2 Å². The molecule has 5 rings (SSSR count). The standard InChI is InChI=1S/C24H21ClN5O4/c1-15-21(23(27-34-15)18-6-2-4-16-5-3-9-26-22(16)18)24(31)29-12-10-28(11-13-29)20-8-7-17(30(32)33)14-19(20)25/h2-9,14,32H,10-13H2,1H3/q-1. The van der Waals surface area contributed by atoms with Crippen LogP contribution < -0.4 is 10.1 Å². The lowest BCUT2D eigenvalue weighted by Crippen LogP contribution is -2.49. The number of benzene rings is 2. The van der Waals surface area contributed by atoms with Crippen LogP contribution in [0.25, 0.3) is 22.2 Å². The maximum atomic E-state index is 13.5. The van der Waals surface area contributed by atoms with Gasteiger partial charge in [-0.05, 0) is 31.2 Å². The van der Waals surface area contributed by atoms with Gasteiger partial charge in [-0.25, -0.2) is 0 Å². The predicted molar refractivity (Wildman–Crippen MR) is 129 cm³/mol. The quantitative estimate of drug-likeness (QED) is 0.427. The number of anilines is 2. The Morgan fingerprint density at radius 2 is 1.91 bits per heavy atom. The van der Waals surface area contributed by atoms with Crippen molar-refractivity contribution in [2.24, 2.45) is 0 Å². The monoisotopic (exact) mass is 478 g/mol. The minimum absolute atomic E-state index is 0.0564. The van der Waals surface area contributed by atoms with Gasteiger partial charge in [0.05, 0.1) is 21.9 Å². The van der Waals surface area contributed by atoms with Crippen molar-refractivity contribution in [2.75, 3.05) is 36.3 Å². The molecule has 1 aliphatic heterocycles. The molecule has 1 N–H and O–H groups in total. The first-order chi connectivity index (χ1) is 16.4. The van der Waals surface area contributed by atoms with Crippen molar-refractivity contribution in [3.05, 3.63) is 76.3 Å². The summed E-state index contributed by atoms with van der Waals surface area (Å²) in [5.41, 5.74) is 3.23. The van der Waals surface area contributed by atoms with E-state index in [9.17, 15) is 10.0 Å². The molecule has 2 aromatic carbocycles. The van der Waals surface area contributed by atoms with E-state index < -0.39 is 0 Å². The van der Waals surface area contributed by atoms with Crippen LogP contribution in [-0.4, -0.2) is 52.3 Å². The molecule has 1 amide bonds. The molecule has 1 aliphatic rings. The van der Waals surface area contributed by atoms with Crippen LogP contribution in [0.5, 0.6) is 0 Å². The third-order valence-corrected chi connectivity index (χ3v) is 6.33. The number of aromatic nitrogens is 2. The molecule has 9 nitrogen and oxygen atoms in total. The SMILES string of the molecule is Cc1onc(-c2cccc3cccnc23)c1C(=O)N1CCN(c2ccc(N([O-])O)cc2Cl)CC1. The Hall–Kier alpha value is -3.66. The van der Waals surface area contributed by atoms with Crippen molar-refractivity contribution < 1.29 is 14.5 Å². The summed E-state index contributed by atoms with van der Waals surface area (Å²) in [5.74, 6) is 0.310. The molecule has 0 bridgehead atoms. The van der Waals surface area contributed by atoms with Crippen molar-refractivity contribution >= 4 is 39.8 Å². The number of fused-ring (bicyclic) bond motifs is 1. The number of pyridine rings is 1. The predicted octanol–water partition coefficient (Wildman–Crippen LogP) is 4.51. The van der Waals surface area contributed by atoms with Gasteiger partial charge < -0.3 is 24.8 Å². The Morgan fingerprint density at radius 3 is 2.65 bits per heavy atom. The number of hydrogen-bond acceptors (Lipinski definition) is 8. The van der Waals surface area contributed by atoms with Gasteiger partial charge in [0.15, 0.2) is 0 Å². The fraction of sp³-hybridized carbons (Fsp3) is 0.208. The smallest absolute Gasteiger partial charge is 0.259 e. The van der Waals surface area contributed by atoms with Gasteiger partial charge in [0, 0.05) is 43.3 Å². The molecule has 0 aliphatic carbocycles. The highest BCUT2D eigenvalue weighted by atomic mass is 35.5. The summed E-state index contributed by atoms with van der Waals surface area (Å²) in [6.07, 6.45) is 1.71. The van der Waals surface area contributed by atoms with E-state index in [-0.39, 0.29) is 16.8 Å². The van der Waals surface area contributed by atoms with E-state index in [4.69, 9.17) is 21.3 Å². The lowest BCUT2D eigenvalue weighted by molar-refractivity contribution is 0.0745. The average Bonchev–Trinajstić information content (AvgIpc) is 3.24. The molecule has 2 aromatic heterocycles. The van der Waals surface area contributed by atoms with E-state index in [0.717, 1.165) is 22.2 Å². The molecule has 1 fully saturated rings. The van der Waals surface area contributed by atoms with Crippen molar-refractivity contribution in [1.82, 2.24) is 15.0 Å². The Kier molecular flexibility index (Phi) is 5.82. The second-order valence-corrected chi connectivity index (χ2v) is 8.44. The molecular weight excluding hydrogens is 458 g/mol. The van der Waals surface area contributed by atoms with Crippen LogP contribution in [0.2, 0.25) is 5.02 Å². The van der Waals surface area contributed by atoms with Crippen molar-refractivity contribution in [2.45, 2.75) is 6.92 Å². The molecule has 0 spiro atoms. The fourth-order valence-electron chi connectivity index (χ4n) is 4.28. The third-order valence-electron chi connectivity index (χ3n) is 6.02. The van der Waals surface area contributed by atoms with Crippen LogP contribution in [0.4, 0.5) is 11.4 Å². The number of rotatable bonds is 4. The van der Waals surface area contributed by atoms with Gasteiger partial charge in [0.2, 0.25) is 0 Å². The largest absolute Gasteiger partial charge is 0.733 e. The molecule has 1 saturated heterocycles. The first-order valence-corrected chi connectivity index (χ1v) is 11.1. The molecule has 10 heteroatoms. The molecule has 0 radical (unpaired) electrons. The Morgan fingerprint density at radius 1 is 1.15 bits per heavy atom. The van der Waals surface area contributed by atoms with Gasteiger partial charge in [0.25, 0.3) is 5.91 Å². The lowest BCUT2D eigenvalue weighted by atomic mass is 10.0. The van der Waals surface area contributed by atoms with Gasteiger partial charge in [-0.15, -0.1) is 0 Å². The second kappa shape index (κ2) is 8.94. The van der Waals surface area contributed by atoms with Crippen LogP contribution in [0.1, 0.15) is 16.1 Å². The normalized spacial score (nSPS) is 14.0. The number of nitrogens with zero attached hydrogens (tertiary/aromatic N) is 5. The first kappa shape index (κ1) is 22.1. The zero-order chi connectivity index (χ0) is 23.8.